The Balaban J connectivity index is 6.47. The summed E-state index contributed by atoms with van der Waals surface area (Å²) in [6, 6.07) is -15.1. The third kappa shape index (κ3) is 24.8. The van der Waals surface area contributed by atoms with Crippen molar-refractivity contribution in [1.82, 2.24) is 47.9 Å². The number of aliphatic hydroxyl groups excluding tert-OH is 2. The number of carbonyl (C=O) groups excluding carboxylic acids is 10. The van der Waals surface area contributed by atoms with E-state index in [-0.39, 0.29) is 51.0 Å². The lowest BCUT2D eigenvalue weighted by molar-refractivity contribution is -0.144. The number of hydrogen-bond acceptors (Lipinski definition) is 16. The van der Waals surface area contributed by atoms with E-state index in [4.69, 9.17) is 22.9 Å². The molecule has 30 heteroatoms. The molecule has 0 radical (unpaired) electrons. The van der Waals surface area contributed by atoms with Gasteiger partial charge in [0.1, 0.15) is 54.4 Å². The van der Waals surface area contributed by atoms with Crippen LogP contribution in [0, 0.1) is 23.7 Å². The summed E-state index contributed by atoms with van der Waals surface area (Å²) in [7, 11) is 0. The average Bonchev–Trinajstić information content (AvgIpc) is 3.34. The highest BCUT2D eigenvalue weighted by molar-refractivity contribution is 5.99. The standard InChI is InChI=1S/C48H86N14O16/c1-12-22(7)34(60-46(76)37(26(11)64)61-40(70)28(15-14-18-53-48(51)52)55-39(69)27(49)16-17-30(50)65)43(73)59-35(23(8)13-2)44(74)62-36(25(10)63)45(75)54-24(9)38(68)56-29(19-31(66)67)41(71)57-32(20(3)4)42(72)58-33(21(5)6)47(77)78/h20-29,32-37,63-64H,12-19,49H2,1-11H3,(H2,50,65)(H,54,75)(H,55,69)(H,56,68)(H,57,71)(H,58,72)(H,59,73)(H,60,76)(H,61,70)(H,62,74)(H,66,67)(H,77,78)(H4,51,52,53)/t22-,23-,24-,25+,26+,27-,28-,29-,32-,33-,34-,35-,36-,37-/m0/s1. The highest BCUT2D eigenvalue weighted by atomic mass is 16.4. The maximum atomic E-state index is 14.2. The van der Waals surface area contributed by atoms with E-state index in [1.165, 1.54) is 20.8 Å². The number of aliphatic carboxylic acids is 2. The molecular formula is C48H86N14O16. The number of primary amides is 1. The van der Waals surface area contributed by atoms with Gasteiger partial charge in [-0.05, 0) is 63.7 Å². The Hall–Kier alpha value is -7.21. The average molecular weight is 1120 g/mol. The van der Waals surface area contributed by atoms with Gasteiger partial charge in [-0.1, -0.05) is 68.2 Å². The van der Waals surface area contributed by atoms with E-state index in [1.54, 1.807) is 41.5 Å². The Morgan fingerprint density at radius 2 is 0.846 bits per heavy atom. The van der Waals surface area contributed by atoms with Crippen LogP contribution in [0.2, 0.25) is 0 Å². The van der Waals surface area contributed by atoms with Gasteiger partial charge in [-0.2, -0.15) is 0 Å². The van der Waals surface area contributed by atoms with Crippen LogP contribution < -0.4 is 70.8 Å². The van der Waals surface area contributed by atoms with Gasteiger partial charge in [0.25, 0.3) is 0 Å². The normalized spacial score (nSPS) is 16.6. The van der Waals surface area contributed by atoms with E-state index >= 15 is 0 Å². The lowest BCUT2D eigenvalue weighted by Crippen LogP contribution is -2.64. The summed E-state index contributed by atoms with van der Waals surface area (Å²) in [5, 5.41) is 62.1. The molecule has 14 atom stereocenters. The summed E-state index contributed by atoms with van der Waals surface area (Å²) in [6.07, 6.45) is -4.04. The second-order valence-corrected chi connectivity index (χ2v) is 20.0. The van der Waals surface area contributed by atoms with Crippen LogP contribution in [0.25, 0.3) is 0 Å². The van der Waals surface area contributed by atoms with Gasteiger partial charge in [-0.3, -0.25) is 57.7 Å². The second-order valence-electron chi connectivity index (χ2n) is 20.0. The van der Waals surface area contributed by atoms with Crippen molar-refractivity contribution in [3.8, 4) is 0 Å². The van der Waals surface area contributed by atoms with Crippen molar-refractivity contribution >= 4 is 77.0 Å². The van der Waals surface area contributed by atoms with Crippen LogP contribution in [0.5, 0.6) is 0 Å². The smallest absolute Gasteiger partial charge is 0.326 e. The first-order chi connectivity index (χ1) is 36.1. The Labute approximate surface area is 453 Å². The molecule has 444 valence electrons. The number of nitrogens with one attached hydrogen (secondary N) is 9. The molecule has 21 N–H and O–H groups in total. The number of nitrogens with zero attached hydrogens (tertiary/aromatic N) is 1. The predicted molar refractivity (Wildman–Crippen MR) is 281 cm³/mol. The van der Waals surface area contributed by atoms with Crippen LogP contribution in [0.15, 0.2) is 4.99 Å². The van der Waals surface area contributed by atoms with E-state index in [2.05, 4.69) is 52.8 Å². The minimum absolute atomic E-state index is 0.0359. The topological polar surface area (TPSA) is 510 Å². The van der Waals surface area contributed by atoms with Crippen LogP contribution in [0.1, 0.15) is 121 Å². The number of guanidine groups is 1. The summed E-state index contributed by atoms with van der Waals surface area (Å²) >= 11 is 0. The SMILES string of the molecule is CC[C@H](C)[C@H](NC(=O)[C@@H](NC(=O)[C@H](CCCN=C(N)N)NC(=O)[C@@H](N)CCC(N)=O)[C@@H](C)O)C(=O)N[C@H](C(=O)N[C@H](C(=O)N[C@@H](C)C(=O)N[C@@H](CC(=O)O)C(=O)N[C@H](C(=O)N[C@H](C(=O)O)C(C)C)C(C)C)[C@@H](C)O)[C@@H](C)CC. The van der Waals surface area contributed by atoms with Crippen LogP contribution in [0.3, 0.4) is 0 Å². The number of aliphatic hydroxyl groups is 2. The summed E-state index contributed by atoms with van der Waals surface area (Å²) in [5.74, 6) is -15.4. The molecule has 10 amide bonds. The van der Waals surface area contributed by atoms with E-state index in [0.717, 1.165) is 13.8 Å². The molecule has 0 aromatic rings. The molecule has 0 aromatic carbocycles. The molecule has 0 heterocycles. The molecule has 0 fully saturated rings. The van der Waals surface area contributed by atoms with Crippen LogP contribution in [-0.2, 0) is 57.5 Å². The first-order valence-corrected chi connectivity index (χ1v) is 25.7. The third-order valence-electron chi connectivity index (χ3n) is 12.6. The summed E-state index contributed by atoms with van der Waals surface area (Å²) in [5.41, 5.74) is 21.9. The largest absolute Gasteiger partial charge is 0.481 e. The van der Waals surface area contributed by atoms with Gasteiger partial charge in [0.15, 0.2) is 5.96 Å². The lowest BCUT2D eigenvalue weighted by atomic mass is 9.94. The molecule has 0 saturated carbocycles. The van der Waals surface area contributed by atoms with E-state index < -0.39 is 174 Å². The predicted octanol–water partition coefficient (Wildman–Crippen LogP) is -5.26. The van der Waals surface area contributed by atoms with Gasteiger partial charge in [-0.25, -0.2) is 4.79 Å². The maximum Gasteiger partial charge on any atom is 0.326 e. The molecule has 0 unspecified atom stereocenters. The lowest BCUT2D eigenvalue weighted by Gasteiger charge is -2.32. The molecule has 0 aliphatic rings. The highest BCUT2D eigenvalue weighted by Crippen LogP contribution is 2.15. The molecule has 0 aliphatic heterocycles. The van der Waals surface area contributed by atoms with E-state index in [1.807, 2.05) is 0 Å². The Morgan fingerprint density at radius 3 is 1.26 bits per heavy atom. The van der Waals surface area contributed by atoms with E-state index in [0.29, 0.717) is 0 Å². The van der Waals surface area contributed by atoms with Crippen molar-refractivity contribution in [3.05, 3.63) is 0 Å². The molecule has 30 nitrogen and oxygen atoms in total. The van der Waals surface area contributed by atoms with E-state index in [9.17, 15) is 78.0 Å². The maximum absolute atomic E-state index is 14.2. The van der Waals surface area contributed by atoms with Crippen LogP contribution in [0.4, 0.5) is 0 Å². The van der Waals surface area contributed by atoms with Crippen molar-refractivity contribution in [2.24, 2.45) is 51.6 Å². The molecule has 0 aromatic heterocycles. The van der Waals surface area contributed by atoms with Crippen LogP contribution >= 0.6 is 0 Å². The van der Waals surface area contributed by atoms with Crippen molar-refractivity contribution in [3.63, 3.8) is 0 Å². The number of amides is 10. The number of carbonyl (C=O) groups is 12. The molecule has 78 heavy (non-hydrogen) atoms. The molecule has 0 saturated heterocycles. The summed E-state index contributed by atoms with van der Waals surface area (Å²) < 4.78 is 0. The van der Waals surface area contributed by atoms with Gasteiger partial charge < -0.3 is 91.2 Å². The minimum atomic E-state index is -1.82. The van der Waals surface area contributed by atoms with Crippen molar-refractivity contribution in [1.29, 1.82) is 0 Å². The zero-order chi connectivity index (χ0) is 60.5. The van der Waals surface area contributed by atoms with Gasteiger partial charge in [-0.15, -0.1) is 0 Å². The number of carboxylic acid groups (broad SMARTS) is 2. The second kappa shape index (κ2) is 34.5. The molecule has 0 bridgehead atoms. The Morgan fingerprint density at radius 1 is 0.462 bits per heavy atom. The number of rotatable bonds is 36. The zero-order valence-corrected chi connectivity index (χ0v) is 46.3. The molecular weight excluding hydrogens is 1030 g/mol. The first-order valence-electron chi connectivity index (χ1n) is 25.7. The molecule has 0 aliphatic carbocycles. The van der Waals surface area contributed by atoms with Crippen molar-refractivity contribution in [2.75, 3.05) is 6.54 Å². The summed E-state index contributed by atoms with van der Waals surface area (Å²) in [6.45, 7) is 16.2. The number of aliphatic imine (C=N–C) groups is 1. The fourth-order valence-corrected chi connectivity index (χ4v) is 7.27. The third-order valence-corrected chi connectivity index (χ3v) is 12.6. The fourth-order valence-electron chi connectivity index (χ4n) is 7.27. The first kappa shape index (κ1) is 70.8. The Kier molecular flexibility index (Phi) is 31.3. The van der Waals surface area contributed by atoms with Gasteiger partial charge >= 0.3 is 11.9 Å². The fraction of sp³-hybridized carbons (Fsp3) is 0.729. The highest BCUT2D eigenvalue weighted by Gasteiger charge is 2.39. The minimum Gasteiger partial charge on any atom is -0.481 e. The molecule has 0 spiro atoms. The number of nitrogens with two attached hydrogens (primary N) is 4. The van der Waals surface area contributed by atoms with Crippen LogP contribution in [-0.4, -0.2) is 177 Å². The van der Waals surface area contributed by atoms with Crippen molar-refractivity contribution < 1.29 is 78.0 Å². The summed E-state index contributed by atoms with van der Waals surface area (Å²) in [4.78, 5) is 161. The van der Waals surface area contributed by atoms with Gasteiger partial charge in [0.05, 0.1) is 24.7 Å². The number of hydrogen-bond donors (Lipinski definition) is 17. The zero-order valence-electron chi connectivity index (χ0n) is 46.3. The Bertz CT molecular complexity index is 2120. The number of carboxylic acids is 2. The van der Waals surface area contributed by atoms with Crippen molar-refractivity contribution in [2.45, 2.75) is 194 Å². The molecule has 0 rings (SSSR count). The quantitative estimate of drug-likeness (QED) is 0.0158. The van der Waals surface area contributed by atoms with Gasteiger partial charge in [0, 0.05) is 13.0 Å². The monoisotopic (exact) mass is 1110 g/mol. The van der Waals surface area contributed by atoms with Gasteiger partial charge in [0.2, 0.25) is 59.1 Å².